The van der Waals surface area contributed by atoms with E-state index in [1.807, 2.05) is 48.5 Å². The number of para-hydroxylation sites is 1. The van der Waals surface area contributed by atoms with Crippen LogP contribution in [0.2, 0.25) is 5.02 Å². The van der Waals surface area contributed by atoms with Gasteiger partial charge in [-0.25, -0.2) is 19.2 Å². The Bertz CT molecular complexity index is 1610. The number of aromatic nitrogens is 6. The molecule has 0 bridgehead atoms. The summed E-state index contributed by atoms with van der Waals surface area (Å²) < 4.78 is 16.0. The lowest BCUT2D eigenvalue weighted by molar-refractivity contribution is 0.272. The van der Waals surface area contributed by atoms with Crippen molar-refractivity contribution in [2.45, 2.75) is 6.61 Å². The summed E-state index contributed by atoms with van der Waals surface area (Å²) in [7, 11) is 0. The molecule has 6 aromatic rings. The second-order valence-corrected chi connectivity index (χ2v) is 8.53. The molecule has 4 heterocycles. The van der Waals surface area contributed by atoms with E-state index in [9.17, 15) is 0 Å². The first-order valence-corrected chi connectivity index (χ1v) is 11.1. The second-order valence-electron chi connectivity index (χ2n) is 7.21. The highest BCUT2D eigenvalue weighted by atomic mass is 79.9. The van der Waals surface area contributed by atoms with Crippen molar-refractivity contribution in [1.29, 1.82) is 0 Å². The minimum atomic E-state index is 0.227. The number of benzene rings is 2. The van der Waals surface area contributed by atoms with Gasteiger partial charge in [-0.15, -0.1) is 5.10 Å². The number of hydrogen-bond donors (Lipinski definition) is 0. The maximum atomic E-state index is 6.21. The minimum absolute atomic E-state index is 0.227. The van der Waals surface area contributed by atoms with E-state index in [0.717, 1.165) is 15.5 Å². The third kappa shape index (κ3) is 3.65. The van der Waals surface area contributed by atoms with E-state index in [1.165, 1.54) is 0 Å². The Labute approximate surface area is 200 Å². The summed E-state index contributed by atoms with van der Waals surface area (Å²) in [5.41, 5.74) is 2.27. The maximum Gasteiger partial charge on any atom is 0.217 e. The third-order valence-electron chi connectivity index (χ3n) is 5.05. The van der Waals surface area contributed by atoms with Crippen LogP contribution < -0.4 is 4.74 Å². The van der Waals surface area contributed by atoms with Gasteiger partial charge in [-0.2, -0.15) is 5.10 Å². The van der Waals surface area contributed by atoms with Crippen molar-refractivity contribution in [1.82, 2.24) is 29.4 Å². The van der Waals surface area contributed by atoms with Crippen molar-refractivity contribution in [3.8, 4) is 23.0 Å². The molecule has 6 rings (SSSR count). The Morgan fingerprint density at radius 1 is 1.03 bits per heavy atom. The lowest BCUT2D eigenvalue weighted by atomic mass is 10.3. The van der Waals surface area contributed by atoms with Crippen LogP contribution in [0.15, 0.2) is 82.1 Å². The quantitative estimate of drug-likeness (QED) is 0.289. The molecule has 0 aliphatic rings. The number of ether oxygens (including phenoxy) is 1. The summed E-state index contributed by atoms with van der Waals surface area (Å²) >= 11 is 9.59. The van der Waals surface area contributed by atoms with Gasteiger partial charge in [-0.05, 0) is 42.5 Å². The SMILES string of the molecule is Clc1cc(Br)ccc1OCc1ccc(-c2nc3c4cnn(-c5ccccc5)c4ncn3n2)o1. The largest absolute Gasteiger partial charge is 0.484 e. The monoisotopic (exact) mass is 520 g/mol. The van der Waals surface area contributed by atoms with Gasteiger partial charge in [0.25, 0.3) is 0 Å². The molecule has 0 saturated heterocycles. The standard InChI is InChI=1S/C23H14BrClN6O2/c24-14-6-8-19(18(25)10-14)32-12-16-7-9-20(33-16)21-28-23-17-11-27-31(15-4-2-1-3-5-15)22(17)26-13-30(23)29-21/h1-11,13H,12H2. The average Bonchev–Trinajstić information content (AvgIpc) is 3.56. The predicted octanol–water partition coefficient (Wildman–Crippen LogP) is 5.72. The third-order valence-corrected chi connectivity index (χ3v) is 5.84. The number of hydrogen-bond acceptors (Lipinski definition) is 6. The fraction of sp³-hybridized carbons (Fsp3) is 0.0435. The summed E-state index contributed by atoms with van der Waals surface area (Å²) in [4.78, 5) is 9.20. The summed E-state index contributed by atoms with van der Waals surface area (Å²) in [5.74, 6) is 2.18. The van der Waals surface area contributed by atoms with Crippen LogP contribution in [-0.2, 0) is 6.61 Å². The van der Waals surface area contributed by atoms with Crippen molar-refractivity contribution in [3.05, 3.63) is 88.4 Å². The molecule has 0 saturated carbocycles. The zero-order valence-electron chi connectivity index (χ0n) is 16.9. The van der Waals surface area contributed by atoms with E-state index in [4.69, 9.17) is 20.8 Å². The molecule has 4 aromatic heterocycles. The fourth-order valence-electron chi connectivity index (χ4n) is 3.50. The zero-order valence-corrected chi connectivity index (χ0v) is 19.2. The molecular formula is C23H14BrClN6O2. The maximum absolute atomic E-state index is 6.21. The lowest BCUT2D eigenvalue weighted by Gasteiger charge is -2.06. The Hall–Kier alpha value is -3.69. The Morgan fingerprint density at radius 3 is 2.76 bits per heavy atom. The number of furan rings is 1. The van der Waals surface area contributed by atoms with Crippen LogP contribution in [0, 0.1) is 0 Å². The molecular weight excluding hydrogens is 508 g/mol. The number of fused-ring (bicyclic) bond motifs is 3. The molecule has 0 N–H and O–H groups in total. The van der Waals surface area contributed by atoms with E-state index in [2.05, 4.69) is 36.1 Å². The highest BCUT2D eigenvalue weighted by molar-refractivity contribution is 9.10. The van der Waals surface area contributed by atoms with E-state index in [0.29, 0.717) is 39.4 Å². The van der Waals surface area contributed by atoms with Gasteiger partial charge in [-0.1, -0.05) is 45.7 Å². The van der Waals surface area contributed by atoms with E-state index in [1.54, 1.807) is 33.9 Å². The van der Waals surface area contributed by atoms with Crippen LogP contribution in [-0.4, -0.2) is 29.4 Å². The zero-order chi connectivity index (χ0) is 22.4. The molecule has 0 spiro atoms. The molecule has 162 valence electrons. The first kappa shape index (κ1) is 20.0. The topological polar surface area (TPSA) is 83.3 Å². The Morgan fingerprint density at radius 2 is 1.91 bits per heavy atom. The van der Waals surface area contributed by atoms with E-state index in [-0.39, 0.29) is 6.61 Å². The van der Waals surface area contributed by atoms with Gasteiger partial charge in [0.15, 0.2) is 17.1 Å². The van der Waals surface area contributed by atoms with Gasteiger partial charge < -0.3 is 9.15 Å². The van der Waals surface area contributed by atoms with Gasteiger partial charge in [0.1, 0.15) is 24.4 Å². The van der Waals surface area contributed by atoms with Gasteiger partial charge in [-0.3, -0.25) is 0 Å². The van der Waals surface area contributed by atoms with Gasteiger partial charge in [0, 0.05) is 4.47 Å². The molecule has 0 aliphatic carbocycles. The van der Waals surface area contributed by atoms with Crippen LogP contribution in [0.1, 0.15) is 5.76 Å². The number of nitrogens with zero attached hydrogens (tertiary/aromatic N) is 6. The van der Waals surface area contributed by atoms with E-state index < -0.39 is 0 Å². The molecule has 33 heavy (non-hydrogen) atoms. The summed E-state index contributed by atoms with van der Waals surface area (Å²) in [6, 6.07) is 18.9. The van der Waals surface area contributed by atoms with Crippen molar-refractivity contribution in [2.24, 2.45) is 0 Å². The Balaban J connectivity index is 1.29. The molecule has 8 nitrogen and oxygen atoms in total. The average molecular weight is 522 g/mol. The molecule has 10 heteroatoms. The molecule has 0 radical (unpaired) electrons. The van der Waals surface area contributed by atoms with Crippen molar-refractivity contribution < 1.29 is 9.15 Å². The predicted molar refractivity (Wildman–Crippen MR) is 127 cm³/mol. The molecule has 0 aliphatic heterocycles. The molecule has 2 aromatic carbocycles. The molecule has 0 atom stereocenters. The fourth-order valence-corrected chi connectivity index (χ4v) is 4.23. The van der Waals surface area contributed by atoms with Crippen LogP contribution in [0.4, 0.5) is 0 Å². The Kier molecular flexibility index (Phi) is 4.85. The highest BCUT2D eigenvalue weighted by Crippen LogP contribution is 2.29. The van der Waals surface area contributed by atoms with Crippen LogP contribution >= 0.6 is 27.5 Å². The second kappa shape index (κ2) is 8.02. The van der Waals surface area contributed by atoms with Crippen LogP contribution in [0.25, 0.3) is 34.0 Å². The smallest absolute Gasteiger partial charge is 0.217 e. The number of halogens is 2. The summed E-state index contributed by atoms with van der Waals surface area (Å²) in [5, 5.41) is 10.3. The normalized spacial score (nSPS) is 11.5. The van der Waals surface area contributed by atoms with Crippen LogP contribution in [0.3, 0.4) is 0 Å². The minimum Gasteiger partial charge on any atom is -0.484 e. The summed E-state index contributed by atoms with van der Waals surface area (Å²) in [6.07, 6.45) is 3.37. The van der Waals surface area contributed by atoms with Crippen molar-refractivity contribution in [2.75, 3.05) is 0 Å². The molecule has 0 fully saturated rings. The van der Waals surface area contributed by atoms with Crippen molar-refractivity contribution in [3.63, 3.8) is 0 Å². The van der Waals surface area contributed by atoms with Gasteiger partial charge in [0.2, 0.25) is 5.82 Å². The lowest BCUT2D eigenvalue weighted by Crippen LogP contribution is -1.98. The highest BCUT2D eigenvalue weighted by Gasteiger charge is 2.16. The van der Waals surface area contributed by atoms with Gasteiger partial charge >= 0.3 is 0 Å². The molecule has 0 amide bonds. The first-order chi connectivity index (χ1) is 16.2. The van der Waals surface area contributed by atoms with Gasteiger partial charge in [0.05, 0.1) is 22.3 Å². The first-order valence-electron chi connectivity index (χ1n) is 9.97. The molecule has 0 unspecified atom stereocenters. The number of rotatable bonds is 5. The van der Waals surface area contributed by atoms with E-state index >= 15 is 0 Å². The van der Waals surface area contributed by atoms with Crippen LogP contribution in [0.5, 0.6) is 5.75 Å². The van der Waals surface area contributed by atoms with Crippen molar-refractivity contribution >= 4 is 44.2 Å². The summed E-state index contributed by atoms with van der Waals surface area (Å²) in [6.45, 7) is 0.227.